The summed E-state index contributed by atoms with van der Waals surface area (Å²) in [4.78, 5) is 0. The molecule has 1 fully saturated rings. The Balaban J connectivity index is 2.22. The average Bonchev–Trinajstić information content (AvgIpc) is 2.26. The smallest absolute Gasteiger partial charge is 0.180 e. The van der Waals surface area contributed by atoms with Gasteiger partial charge in [-0.15, -0.1) is 0 Å². The Kier molecular flexibility index (Phi) is 5.45. The summed E-state index contributed by atoms with van der Waals surface area (Å²) >= 11 is 0. The van der Waals surface area contributed by atoms with Crippen LogP contribution in [0.15, 0.2) is 0 Å². The lowest BCUT2D eigenvalue weighted by molar-refractivity contribution is -0.247. The third-order valence-electron chi connectivity index (χ3n) is 2.69. The molecular formula is C11H23NO2. The van der Waals surface area contributed by atoms with Gasteiger partial charge in [-0.25, -0.2) is 0 Å². The van der Waals surface area contributed by atoms with E-state index in [9.17, 15) is 0 Å². The number of nitrogens with one attached hydrogen (secondary N) is 1. The Morgan fingerprint density at radius 2 is 2.21 bits per heavy atom. The van der Waals surface area contributed by atoms with Crippen LogP contribution in [0.4, 0.5) is 0 Å². The van der Waals surface area contributed by atoms with Crippen molar-refractivity contribution in [1.82, 2.24) is 5.32 Å². The van der Waals surface area contributed by atoms with Crippen molar-refractivity contribution in [2.45, 2.75) is 45.3 Å². The summed E-state index contributed by atoms with van der Waals surface area (Å²) in [7, 11) is 0. The summed E-state index contributed by atoms with van der Waals surface area (Å²) in [6.45, 7) is 7.68. The lowest BCUT2D eigenvalue weighted by Gasteiger charge is -2.36. The molecule has 0 spiro atoms. The second-order valence-electron chi connectivity index (χ2n) is 3.85. The van der Waals surface area contributed by atoms with Crippen molar-refractivity contribution in [2.24, 2.45) is 0 Å². The van der Waals surface area contributed by atoms with E-state index in [1.54, 1.807) is 0 Å². The molecule has 0 amide bonds. The average molecular weight is 201 g/mol. The number of hydrogen-bond acceptors (Lipinski definition) is 3. The molecule has 0 radical (unpaired) electrons. The van der Waals surface area contributed by atoms with Gasteiger partial charge in [0.15, 0.2) is 5.79 Å². The largest absolute Gasteiger partial charge is 0.349 e. The second-order valence-corrected chi connectivity index (χ2v) is 3.85. The predicted molar refractivity (Wildman–Crippen MR) is 57.3 cm³/mol. The molecule has 1 aliphatic heterocycles. The van der Waals surface area contributed by atoms with Gasteiger partial charge < -0.3 is 14.8 Å². The molecule has 1 aliphatic rings. The topological polar surface area (TPSA) is 30.5 Å². The van der Waals surface area contributed by atoms with E-state index in [0.29, 0.717) is 0 Å². The molecule has 1 heterocycles. The third kappa shape index (κ3) is 3.56. The van der Waals surface area contributed by atoms with E-state index >= 15 is 0 Å². The molecule has 1 saturated heterocycles. The van der Waals surface area contributed by atoms with Crippen LogP contribution < -0.4 is 5.32 Å². The lowest BCUT2D eigenvalue weighted by atomic mass is 10.2. The van der Waals surface area contributed by atoms with Crippen LogP contribution in [0.5, 0.6) is 0 Å². The van der Waals surface area contributed by atoms with Gasteiger partial charge in [-0.1, -0.05) is 26.7 Å². The molecule has 0 aromatic carbocycles. The van der Waals surface area contributed by atoms with Crippen LogP contribution in [0.1, 0.15) is 39.5 Å². The van der Waals surface area contributed by atoms with Crippen molar-refractivity contribution < 1.29 is 9.47 Å². The van der Waals surface area contributed by atoms with Crippen molar-refractivity contribution in [1.29, 1.82) is 0 Å². The molecule has 1 unspecified atom stereocenters. The minimum absolute atomic E-state index is 0.341. The Morgan fingerprint density at radius 3 is 2.79 bits per heavy atom. The normalized spacial score (nSPS) is 27.9. The van der Waals surface area contributed by atoms with Crippen LogP contribution in [-0.4, -0.2) is 32.1 Å². The molecule has 0 aromatic heterocycles. The molecule has 1 rings (SSSR count). The highest BCUT2D eigenvalue weighted by Gasteiger charge is 2.31. The molecule has 3 nitrogen and oxygen atoms in total. The van der Waals surface area contributed by atoms with Crippen LogP contribution in [0.25, 0.3) is 0 Å². The van der Waals surface area contributed by atoms with E-state index in [4.69, 9.17) is 9.47 Å². The monoisotopic (exact) mass is 201 g/mol. The zero-order valence-electron chi connectivity index (χ0n) is 9.47. The summed E-state index contributed by atoms with van der Waals surface area (Å²) in [5, 5.41) is 3.32. The Bertz CT molecular complexity index is 144. The maximum absolute atomic E-state index is 5.84. The highest BCUT2D eigenvalue weighted by molar-refractivity contribution is 4.75. The fourth-order valence-corrected chi connectivity index (χ4v) is 1.67. The van der Waals surface area contributed by atoms with Crippen molar-refractivity contribution >= 4 is 0 Å². The lowest BCUT2D eigenvalue weighted by Crippen LogP contribution is -2.51. The summed E-state index contributed by atoms with van der Waals surface area (Å²) in [6, 6.07) is 0. The first-order chi connectivity index (χ1) is 6.83. The van der Waals surface area contributed by atoms with Crippen LogP contribution in [0.2, 0.25) is 0 Å². The van der Waals surface area contributed by atoms with Crippen molar-refractivity contribution in [2.75, 3.05) is 26.3 Å². The van der Waals surface area contributed by atoms with Gasteiger partial charge in [-0.2, -0.15) is 0 Å². The molecule has 0 saturated carbocycles. The first-order valence-electron chi connectivity index (χ1n) is 5.81. The zero-order valence-corrected chi connectivity index (χ0v) is 9.47. The van der Waals surface area contributed by atoms with E-state index in [2.05, 4.69) is 19.2 Å². The van der Waals surface area contributed by atoms with Gasteiger partial charge in [0.05, 0.1) is 13.2 Å². The molecule has 0 bridgehead atoms. The number of ether oxygens (including phenoxy) is 2. The molecule has 1 atom stereocenters. The number of rotatable bonds is 6. The molecule has 0 aromatic rings. The zero-order chi connectivity index (χ0) is 10.3. The van der Waals surface area contributed by atoms with Gasteiger partial charge in [-0.3, -0.25) is 0 Å². The first-order valence-corrected chi connectivity index (χ1v) is 5.81. The van der Waals surface area contributed by atoms with Crippen molar-refractivity contribution in [3.63, 3.8) is 0 Å². The highest BCUT2D eigenvalue weighted by Crippen LogP contribution is 2.19. The van der Waals surface area contributed by atoms with Crippen LogP contribution in [-0.2, 0) is 9.47 Å². The minimum Gasteiger partial charge on any atom is -0.349 e. The minimum atomic E-state index is -0.341. The predicted octanol–water partition coefficient (Wildman–Crippen LogP) is 1.92. The Morgan fingerprint density at radius 1 is 1.36 bits per heavy atom. The van der Waals surface area contributed by atoms with Gasteiger partial charge in [0.25, 0.3) is 0 Å². The van der Waals surface area contributed by atoms with E-state index in [-0.39, 0.29) is 5.79 Å². The molecule has 1 N–H and O–H groups in total. The molecule has 14 heavy (non-hydrogen) atoms. The summed E-state index contributed by atoms with van der Waals surface area (Å²) in [6.07, 6.45) is 4.54. The van der Waals surface area contributed by atoms with Crippen LogP contribution in [0.3, 0.4) is 0 Å². The molecule has 3 heteroatoms. The number of morpholine rings is 1. The maximum atomic E-state index is 5.84. The molecule has 84 valence electrons. The summed E-state index contributed by atoms with van der Waals surface area (Å²) in [5.74, 6) is -0.341. The molecule has 0 aliphatic carbocycles. The summed E-state index contributed by atoms with van der Waals surface area (Å²) in [5.41, 5.74) is 0. The summed E-state index contributed by atoms with van der Waals surface area (Å²) < 4.78 is 11.5. The second kappa shape index (κ2) is 6.38. The Labute approximate surface area is 87.2 Å². The number of hydrogen-bond donors (Lipinski definition) is 1. The van der Waals surface area contributed by atoms with Gasteiger partial charge in [0.2, 0.25) is 0 Å². The Hall–Kier alpha value is -0.120. The van der Waals surface area contributed by atoms with E-state index in [1.807, 2.05) is 0 Å². The van der Waals surface area contributed by atoms with Gasteiger partial charge >= 0.3 is 0 Å². The quantitative estimate of drug-likeness (QED) is 0.666. The highest BCUT2D eigenvalue weighted by atomic mass is 16.7. The van der Waals surface area contributed by atoms with E-state index in [1.165, 1.54) is 12.8 Å². The molecular weight excluding hydrogens is 178 g/mol. The van der Waals surface area contributed by atoms with Crippen molar-refractivity contribution in [3.8, 4) is 0 Å². The van der Waals surface area contributed by atoms with Gasteiger partial charge in [-0.05, 0) is 12.8 Å². The first kappa shape index (κ1) is 12.0. The van der Waals surface area contributed by atoms with E-state index in [0.717, 1.165) is 39.1 Å². The number of unbranched alkanes of at least 4 members (excludes halogenated alkanes) is 2. The third-order valence-corrected chi connectivity index (χ3v) is 2.69. The maximum Gasteiger partial charge on any atom is 0.180 e. The van der Waals surface area contributed by atoms with Gasteiger partial charge in [0, 0.05) is 13.1 Å². The fraction of sp³-hybridized carbons (Fsp3) is 1.00. The fourth-order valence-electron chi connectivity index (χ4n) is 1.67. The van der Waals surface area contributed by atoms with Gasteiger partial charge in [0.1, 0.15) is 0 Å². The standard InChI is InChI=1S/C11H23NO2/c1-3-5-6-8-13-11(4-2)10-12-7-9-14-11/h12H,3-10H2,1-2H3. The SMILES string of the molecule is CCCCCOC1(CC)CNCCO1. The van der Waals surface area contributed by atoms with Crippen molar-refractivity contribution in [3.05, 3.63) is 0 Å². The van der Waals surface area contributed by atoms with Crippen LogP contribution >= 0.6 is 0 Å². The van der Waals surface area contributed by atoms with Crippen LogP contribution in [0, 0.1) is 0 Å². The van der Waals surface area contributed by atoms with E-state index < -0.39 is 0 Å².